The monoisotopic (exact) mass is 641 g/mol. The molecule has 2 aromatic rings. The Balaban J connectivity index is 1.59. The van der Waals surface area contributed by atoms with Gasteiger partial charge >= 0.3 is 6.09 Å². The van der Waals surface area contributed by atoms with E-state index in [9.17, 15) is 28.0 Å². The fraction of sp³-hybridized carbons (Fsp3) is 0.485. The number of halogens is 2. The molecular formula is C33H41F2N5O6. The molecule has 11 nitrogen and oxygen atoms in total. The number of fused-ring (bicyclic) bond motifs is 1. The van der Waals surface area contributed by atoms with E-state index in [-0.39, 0.29) is 32.5 Å². The summed E-state index contributed by atoms with van der Waals surface area (Å²) in [6.07, 6.45) is -3.27. The number of para-hydroxylation sites is 1. The van der Waals surface area contributed by atoms with Crippen molar-refractivity contribution < 1.29 is 37.4 Å². The molecule has 13 heteroatoms. The van der Waals surface area contributed by atoms with Crippen LogP contribution in [0.15, 0.2) is 65.8 Å². The largest absolute Gasteiger partial charge is 0.491 e. The van der Waals surface area contributed by atoms with Gasteiger partial charge in [-0.1, -0.05) is 48.5 Å². The molecule has 46 heavy (non-hydrogen) atoms. The Kier molecular flexibility index (Phi) is 10.3. The lowest BCUT2D eigenvalue weighted by Gasteiger charge is -2.41. The Bertz CT molecular complexity index is 1450. The average Bonchev–Trinajstić information content (AvgIpc) is 3.23. The zero-order valence-electron chi connectivity index (χ0n) is 26.7. The van der Waals surface area contributed by atoms with Gasteiger partial charge in [0.1, 0.15) is 41.5 Å². The second kappa shape index (κ2) is 13.8. The molecule has 0 radical (unpaired) electrons. The van der Waals surface area contributed by atoms with E-state index >= 15 is 0 Å². The summed E-state index contributed by atoms with van der Waals surface area (Å²) in [6, 6.07) is 16.6. The van der Waals surface area contributed by atoms with Gasteiger partial charge in [0.15, 0.2) is 0 Å². The molecule has 0 saturated carbocycles. The van der Waals surface area contributed by atoms with Crippen molar-refractivity contribution in [2.75, 3.05) is 26.2 Å². The molecular weight excluding hydrogens is 600 g/mol. The van der Waals surface area contributed by atoms with Gasteiger partial charge < -0.3 is 25.0 Å². The number of hydrazone groups is 1. The Morgan fingerprint density at radius 3 is 2.24 bits per heavy atom. The van der Waals surface area contributed by atoms with Crippen molar-refractivity contribution in [1.82, 2.24) is 20.5 Å². The highest BCUT2D eigenvalue weighted by Gasteiger charge is 2.55. The van der Waals surface area contributed by atoms with E-state index in [4.69, 9.17) is 9.47 Å². The zero-order valence-corrected chi connectivity index (χ0v) is 26.7. The lowest BCUT2D eigenvalue weighted by molar-refractivity contribution is -0.144. The number of hydrogen-bond acceptors (Lipinski definition) is 7. The van der Waals surface area contributed by atoms with Crippen LogP contribution in [-0.4, -0.2) is 89.3 Å². The van der Waals surface area contributed by atoms with E-state index in [0.29, 0.717) is 11.5 Å². The fourth-order valence-electron chi connectivity index (χ4n) is 5.42. The number of piperidine rings is 1. The van der Waals surface area contributed by atoms with Gasteiger partial charge in [-0.3, -0.25) is 14.4 Å². The first-order chi connectivity index (χ1) is 21.6. The molecule has 0 spiro atoms. The summed E-state index contributed by atoms with van der Waals surface area (Å²) in [4.78, 5) is 55.3. The third-order valence-corrected chi connectivity index (χ3v) is 7.63. The normalized spacial score (nSPS) is 18.9. The van der Waals surface area contributed by atoms with Crippen LogP contribution in [-0.2, 0) is 25.5 Å². The molecule has 2 aromatic carbocycles. The second-order valence-corrected chi connectivity index (χ2v) is 13.0. The maximum absolute atomic E-state index is 14.2. The Morgan fingerprint density at radius 1 is 1.00 bits per heavy atom. The van der Waals surface area contributed by atoms with Gasteiger partial charge in [-0.15, -0.1) is 0 Å². The molecule has 0 aromatic heterocycles. The van der Waals surface area contributed by atoms with E-state index in [1.807, 2.05) is 30.3 Å². The zero-order chi connectivity index (χ0) is 33.7. The van der Waals surface area contributed by atoms with E-state index in [1.54, 1.807) is 51.1 Å². The van der Waals surface area contributed by atoms with Gasteiger partial charge in [0.25, 0.3) is 12.3 Å². The number of amides is 4. The first kappa shape index (κ1) is 34.3. The van der Waals surface area contributed by atoms with Crippen LogP contribution in [0.2, 0.25) is 0 Å². The van der Waals surface area contributed by atoms with Crippen LogP contribution in [0.4, 0.5) is 13.6 Å². The number of alkyl carbamates (subject to hydrolysis) is 1. The summed E-state index contributed by atoms with van der Waals surface area (Å²) in [5, 5.41) is 10.3. The molecule has 2 atom stereocenters. The SMILES string of the molecule is CC(C)(C)OC(=O)NC(C)(C)C(=O)NC(COc1ccccc1)C(=O)N1CCC2=NN(CC(F)F)C(=O)C2(Cc2ccccc2)C1. The molecule has 2 N–H and O–H groups in total. The van der Waals surface area contributed by atoms with Crippen LogP contribution in [0.1, 0.15) is 46.6 Å². The number of benzene rings is 2. The summed E-state index contributed by atoms with van der Waals surface area (Å²) < 4.78 is 37.9. The molecule has 1 saturated heterocycles. The van der Waals surface area contributed by atoms with Crippen molar-refractivity contribution in [2.24, 2.45) is 10.5 Å². The molecule has 248 valence electrons. The van der Waals surface area contributed by atoms with Gasteiger partial charge in [-0.25, -0.2) is 18.6 Å². The highest BCUT2D eigenvalue weighted by molar-refractivity contribution is 6.14. The number of rotatable bonds is 11. The third kappa shape index (κ3) is 8.38. The van der Waals surface area contributed by atoms with Gasteiger partial charge in [0.2, 0.25) is 11.8 Å². The smallest absolute Gasteiger partial charge is 0.408 e. The second-order valence-electron chi connectivity index (χ2n) is 13.0. The van der Waals surface area contributed by atoms with E-state index in [1.165, 1.54) is 18.7 Å². The molecule has 2 aliphatic heterocycles. The summed E-state index contributed by atoms with van der Waals surface area (Å²) in [5.74, 6) is -1.36. The molecule has 4 rings (SSSR count). The Labute approximate surface area is 267 Å². The third-order valence-electron chi connectivity index (χ3n) is 7.63. The average molecular weight is 642 g/mol. The summed E-state index contributed by atoms with van der Waals surface area (Å²) in [5.41, 5.74) is -2.41. The Morgan fingerprint density at radius 2 is 1.63 bits per heavy atom. The van der Waals surface area contributed by atoms with E-state index in [2.05, 4.69) is 15.7 Å². The van der Waals surface area contributed by atoms with Gasteiger partial charge in [0, 0.05) is 19.5 Å². The number of carbonyl (C=O) groups is 4. The molecule has 2 aliphatic rings. The maximum atomic E-state index is 14.2. The predicted molar refractivity (Wildman–Crippen MR) is 166 cm³/mol. The molecule has 0 bridgehead atoms. The van der Waals surface area contributed by atoms with Crippen LogP contribution in [0.3, 0.4) is 0 Å². The highest BCUT2D eigenvalue weighted by Crippen LogP contribution is 2.39. The van der Waals surface area contributed by atoms with E-state index < -0.39 is 59.4 Å². The lowest BCUT2D eigenvalue weighted by atomic mass is 9.73. The molecule has 1 fully saturated rings. The van der Waals surface area contributed by atoms with Crippen molar-refractivity contribution >= 4 is 29.5 Å². The molecule has 2 heterocycles. The number of ether oxygens (including phenoxy) is 2. The number of carbonyl (C=O) groups excluding carboxylic acids is 4. The maximum Gasteiger partial charge on any atom is 0.408 e. The topological polar surface area (TPSA) is 130 Å². The van der Waals surface area contributed by atoms with Crippen LogP contribution in [0, 0.1) is 5.41 Å². The molecule has 2 unspecified atom stereocenters. The van der Waals surface area contributed by atoms with Crippen LogP contribution in [0.5, 0.6) is 5.75 Å². The Hall–Kier alpha value is -4.55. The molecule has 0 aliphatic carbocycles. The van der Waals surface area contributed by atoms with E-state index in [0.717, 1.165) is 10.6 Å². The van der Waals surface area contributed by atoms with Crippen LogP contribution >= 0.6 is 0 Å². The number of nitrogens with one attached hydrogen (secondary N) is 2. The number of likely N-dealkylation sites (tertiary alicyclic amines) is 1. The van der Waals surface area contributed by atoms with Gasteiger partial charge in [-0.2, -0.15) is 5.10 Å². The first-order valence-electron chi connectivity index (χ1n) is 15.1. The predicted octanol–water partition coefficient (Wildman–Crippen LogP) is 3.78. The minimum atomic E-state index is -2.78. The summed E-state index contributed by atoms with van der Waals surface area (Å²) in [7, 11) is 0. The minimum Gasteiger partial charge on any atom is -0.491 e. The lowest BCUT2D eigenvalue weighted by Crippen LogP contribution is -2.63. The fourth-order valence-corrected chi connectivity index (χ4v) is 5.42. The summed E-state index contributed by atoms with van der Waals surface area (Å²) >= 11 is 0. The number of alkyl halides is 2. The minimum absolute atomic E-state index is 0.130. The highest BCUT2D eigenvalue weighted by atomic mass is 19.3. The van der Waals surface area contributed by atoms with Crippen molar-refractivity contribution in [3.05, 3.63) is 66.2 Å². The standard InChI is InChI=1S/C33H41F2N5O6/c1-31(2,3)46-30(44)37-32(4,5)28(42)36-24(20-45-23-14-10-7-11-15-23)27(41)39-17-16-25-33(21-39,18-22-12-8-6-9-13-22)29(43)40(38-25)19-26(34)35/h6-15,24,26H,16-21H2,1-5H3,(H,36,42)(H,37,44). The van der Waals surface area contributed by atoms with Crippen molar-refractivity contribution in [3.8, 4) is 5.75 Å². The first-order valence-corrected chi connectivity index (χ1v) is 15.1. The van der Waals surface area contributed by atoms with Crippen LogP contribution < -0.4 is 15.4 Å². The summed E-state index contributed by atoms with van der Waals surface area (Å²) in [6.45, 7) is 6.92. The van der Waals surface area contributed by atoms with Gasteiger partial charge in [-0.05, 0) is 58.7 Å². The molecule has 4 amide bonds. The number of hydrogen-bond donors (Lipinski definition) is 2. The quantitative estimate of drug-likeness (QED) is 0.384. The van der Waals surface area contributed by atoms with Crippen molar-refractivity contribution in [1.29, 1.82) is 0 Å². The number of nitrogens with zero attached hydrogens (tertiary/aromatic N) is 3. The van der Waals surface area contributed by atoms with Crippen molar-refractivity contribution in [3.63, 3.8) is 0 Å². The van der Waals surface area contributed by atoms with Crippen LogP contribution in [0.25, 0.3) is 0 Å². The van der Waals surface area contributed by atoms with Crippen molar-refractivity contribution in [2.45, 2.75) is 71.1 Å². The van der Waals surface area contributed by atoms with Gasteiger partial charge in [0.05, 0.1) is 5.71 Å².